The Morgan fingerprint density at radius 2 is 2.22 bits per heavy atom. The monoisotopic (exact) mass is 242 g/mol. The van der Waals surface area contributed by atoms with Gasteiger partial charge in [-0.15, -0.1) is 0 Å². The number of pyridine rings is 1. The summed E-state index contributed by atoms with van der Waals surface area (Å²) in [5, 5.41) is 0. The smallest absolute Gasteiger partial charge is 0.0811 e. The normalized spacial score (nSPS) is 35.3. The summed E-state index contributed by atoms with van der Waals surface area (Å²) in [7, 11) is 0. The van der Waals surface area contributed by atoms with Gasteiger partial charge in [0.1, 0.15) is 0 Å². The quantitative estimate of drug-likeness (QED) is 0.776. The first-order chi connectivity index (χ1) is 8.59. The molecule has 0 amide bonds. The molecule has 3 aliphatic carbocycles. The van der Waals surface area contributed by atoms with E-state index in [-0.39, 0.29) is 0 Å². The largest absolute Gasteiger partial charge is 0.287 e. The molecule has 0 radical (unpaired) electrons. The van der Waals surface area contributed by atoms with E-state index in [0.717, 1.165) is 24.1 Å². The minimum atomic E-state index is 0.545. The average molecular weight is 242 g/mol. The summed E-state index contributed by atoms with van der Waals surface area (Å²) < 4.78 is 0. The van der Waals surface area contributed by atoms with Gasteiger partial charge in [0, 0.05) is 11.9 Å². The van der Waals surface area contributed by atoms with Crippen LogP contribution in [0.25, 0.3) is 0 Å². The van der Waals surface area contributed by atoms with Gasteiger partial charge in [0.05, 0.1) is 12.2 Å². The molecule has 3 fully saturated rings. The lowest BCUT2D eigenvalue weighted by Gasteiger charge is -2.59. The highest BCUT2D eigenvalue weighted by Gasteiger charge is 2.55. The van der Waals surface area contributed by atoms with Crippen LogP contribution in [0.3, 0.4) is 0 Å². The number of fused-ring (bicyclic) bond motifs is 2. The SMILES string of the molecule is CC1C(=NCc2ccccn2)CC2CC1C2(C)C. The number of hydrogen-bond acceptors (Lipinski definition) is 2. The zero-order valence-electron chi connectivity index (χ0n) is 11.6. The molecule has 2 bridgehead atoms. The van der Waals surface area contributed by atoms with Crippen LogP contribution in [0.1, 0.15) is 39.3 Å². The minimum Gasteiger partial charge on any atom is -0.287 e. The van der Waals surface area contributed by atoms with E-state index in [1.807, 2.05) is 18.3 Å². The van der Waals surface area contributed by atoms with Gasteiger partial charge in [0.2, 0.25) is 0 Å². The standard InChI is InChI=1S/C16H22N2/c1-11-14-8-12(16(14,2)3)9-15(11)18-10-13-6-4-5-7-17-13/h4-7,11-12,14H,8-10H2,1-3H3. The van der Waals surface area contributed by atoms with Crippen molar-refractivity contribution in [2.75, 3.05) is 0 Å². The van der Waals surface area contributed by atoms with Gasteiger partial charge >= 0.3 is 0 Å². The molecule has 2 nitrogen and oxygen atoms in total. The summed E-state index contributed by atoms with van der Waals surface area (Å²) in [5.74, 6) is 2.37. The van der Waals surface area contributed by atoms with Crippen molar-refractivity contribution in [2.24, 2.45) is 28.2 Å². The Kier molecular flexibility index (Phi) is 2.76. The van der Waals surface area contributed by atoms with Gasteiger partial charge in [-0.3, -0.25) is 9.98 Å². The lowest BCUT2D eigenvalue weighted by Crippen LogP contribution is -2.55. The molecule has 3 atom stereocenters. The molecule has 1 heterocycles. The van der Waals surface area contributed by atoms with E-state index in [0.29, 0.717) is 11.3 Å². The topological polar surface area (TPSA) is 25.2 Å². The van der Waals surface area contributed by atoms with Crippen molar-refractivity contribution < 1.29 is 0 Å². The summed E-state index contributed by atoms with van der Waals surface area (Å²) in [6.45, 7) is 7.97. The molecule has 0 aromatic carbocycles. The highest BCUT2D eigenvalue weighted by molar-refractivity contribution is 5.89. The molecule has 1 aromatic rings. The first-order valence-corrected chi connectivity index (χ1v) is 7.02. The zero-order valence-corrected chi connectivity index (χ0v) is 11.6. The van der Waals surface area contributed by atoms with Gasteiger partial charge in [-0.1, -0.05) is 26.8 Å². The molecule has 96 valence electrons. The molecule has 1 aromatic heterocycles. The van der Waals surface area contributed by atoms with Crippen molar-refractivity contribution in [3.63, 3.8) is 0 Å². The van der Waals surface area contributed by atoms with E-state index in [1.54, 1.807) is 0 Å². The van der Waals surface area contributed by atoms with Crippen molar-refractivity contribution in [1.29, 1.82) is 0 Å². The summed E-state index contributed by atoms with van der Waals surface area (Å²) in [5.41, 5.74) is 3.06. The second kappa shape index (κ2) is 4.18. The van der Waals surface area contributed by atoms with Gasteiger partial charge in [-0.05, 0) is 48.1 Å². The predicted octanol–water partition coefficient (Wildman–Crippen LogP) is 3.72. The Balaban J connectivity index is 1.72. The second-order valence-electron chi connectivity index (χ2n) is 6.48. The molecule has 3 unspecified atom stereocenters. The fourth-order valence-corrected chi connectivity index (χ4v) is 3.80. The second-order valence-corrected chi connectivity index (χ2v) is 6.48. The van der Waals surface area contributed by atoms with Gasteiger partial charge in [0.25, 0.3) is 0 Å². The molecule has 2 heteroatoms. The molecule has 4 rings (SSSR count). The van der Waals surface area contributed by atoms with Gasteiger partial charge in [0.15, 0.2) is 0 Å². The molecule has 0 saturated heterocycles. The Labute approximate surface area is 110 Å². The molecule has 0 aliphatic heterocycles. The molecule has 0 N–H and O–H groups in total. The number of aromatic nitrogens is 1. The maximum atomic E-state index is 4.84. The lowest BCUT2D eigenvalue weighted by molar-refractivity contribution is -0.0522. The Morgan fingerprint density at radius 3 is 2.83 bits per heavy atom. The van der Waals surface area contributed by atoms with E-state index in [2.05, 4.69) is 31.8 Å². The van der Waals surface area contributed by atoms with Gasteiger partial charge in [-0.2, -0.15) is 0 Å². The van der Waals surface area contributed by atoms with Crippen molar-refractivity contribution in [2.45, 2.75) is 40.2 Å². The van der Waals surface area contributed by atoms with Crippen molar-refractivity contribution in [1.82, 2.24) is 4.98 Å². The predicted molar refractivity (Wildman–Crippen MR) is 74.5 cm³/mol. The first-order valence-electron chi connectivity index (χ1n) is 7.02. The van der Waals surface area contributed by atoms with Crippen molar-refractivity contribution >= 4 is 5.71 Å². The van der Waals surface area contributed by atoms with Crippen LogP contribution >= 0.6 is 0 Å². The number of aliphatic imine (C=N–C) groups is 1. The third-order valence-electron chi connectivity index (χ3n) is 5.30. The van der Waals surface area contributed by atoms with E-state index >= 15 is 0 Å². The van der Waals surface area contributed by atoms with E-state index in [1.165, 1.54) is 18.6 Å². The number of hydrogen-bond donors (Lipinski definition) is 0. The van der Waals surface area contributed by atoms with Crippen LogP contribution in [0.4, 0.5) is 0 Å². The number of nitrogens with zero attached hydrogens (tertiary/aromatic N) is 2. The van der Waals surface area contributed by atoms with Crippen LogP contribution in [-0.2, 0) is 6.54 Å². The maximum Gasteiger partial charge on any atom is 0.0811 e. The Morgan fingerprint density at radius 1 is 1.39 bits per heavy atom. The van der Waals surface area contributed by atoms with Crippen molar-refractivity contribution in [3.05, 3.63) is 30.1 Å². The van der Waals surface area contributed by atoms with Gasteiger partial charge in [-0.25, -0.2) is 0 Å². The molecular weight excluding hydrogens is 220 g/mol. The van der Waals surface area contributed by atoms with Crippen LogP contribution in [0.5, 0.6) is 0 Å². The fourth-order valence-electron chi connectivity index (χ4n) is 3.80. The van der Waals surface area contributed by atoms with Crippen molar-refractivity contribution in [3.8, 4) is 0 Å². The Hall–Kier alpha value is -1.18. The molecule has 18 heavy (non-hydrogen) atoms. The first kappa shape index (κ1) is 11.9. The highest BCUT2D eigenvalue weighted by Crippen LogP contribution is 2.60. The van der Waals surface area contributed by atoms with E-state index in [4.69, 9.17) is 4.99 Å². The van der Waals surface area contributed by atoms with E-state index in [9.17, 15) is 0 Å². The van der Waals surface area contributed by atoms with Crippen LogP contribution in [0.15, 0.2) is 29.4 Å². The third-order valence-corrected chi connectivity index (χ3v) is 5.30. The molecular formula is C16H22N2. The Bertz CT molecular complexity index is 461. The summed E-state index contributed by atoms with van der Waals surface area (Å²) in [6.07, 6.45) is 4.47. The van der Waals surface area contributed by atoms with Crippen LogP contribution in [0.2, 0.25) is 0 Å². The lowest BCUT2D eigenvalue weighted by atomic mass is 9.45. The summed E-state index contributed by atoms with van der Waals surface area (Å²) in [4.78, 5) is 9.17. The molecule has 3 aliphatic rings. The van der Waals surface area contributed by atoms with Gasteiger partial charge < -0.3 is 0 Å². The number of rotatable bonds is 2. The van der Waals surface area contributed by atoms with E-state index < -0.39 is 0 Å². The maximum absolute atomic E-state index is 4.84. The van der Waals surface area contributed by atoms with Crippen LogP contribution in [0, 0.1) is 23.2 Å². The summed E-state index contributed by atoms with van der Waals surface area (Å²) in [6, 6.07) is 6.05. The van der Waals surface area contributed by atoms with Crippen LogP contribution < -0.4 is 0 Å². The molecule has 0 spiro atoms. The zero-order chi connectivity index (χ0) is 12.8. The average Bonchev–Trinajstić information content (AvgIpc) is 2.38. The van der Waals surface area contributed by atoms with Crippen LogP contribution in [-0.4, -0.2) is 10.7 Å². The molecule has 3 saturated carbocycles. The summed E-state index contributed by atoms with van der Waals surface area (Å²) >= 11 is 0. The highest BCUT2D eigenvalue weighted by atomic mass is 14.8. The minimum absolute atomic E-state index is 0.545. The fraction of sp³-hybridized carbons (Fsp3) is 0.625. The third kappa shape index (κ3) is 1.79.